The number of alkyl halides is 2. The summed E-state index contributed by atoms with van der Waals surface area (Å²) in [5.74, 6) is -2.28. The number of pyridine rings is 1. The fourth-order valence-electron chi connectivity index (χ4n) is 2.88. The van der Waals surface area contributed by atoms with Gasteiger partial charge >= 0.3 is 0 Å². The van der Waals surface area contributed by atoms with Crippen LogP contribution in [0, 0.1) is 0 Å². The summed E-state index contributed by atoms with van der Waals surface area (Å²) in [5, 5.41) is 2.92. The Balaban J connectivity index is 1.68. The second-order valence-electron chi connectivity index (χ2n) is 5.96. The summed E-state index contributed by atoms with van der Waals surface area (Å²) in [6.45, 7) is 0. The second kappa shape index (κ2) is 7.82. The second-order valence-corrected chi connectivity index (χ2v) is 7.02. The molecule has 0 aliphatic heterocycles. The first-order valence-electron chi connectivity index (χ1n) is 8.50. The van der Waals surface area contributed by atoms with Crippen molar-refractivity contribution in [3.8, 4) is 11.3 Å². The molecule has 2 aromatic heterocycles. The minimum absolute atomic E-state index is 0.337. The topological polar surface area (TPSA) is 46.4 Å². The number of nitrogens with one attached hydrogen (secondary N) is 1. The third-order valence-electron chi connectivity index (χ3n) is 4.15. The predicted octanol–water partition coefficient (Wildman–Crippen LogP) is 5.57. The average Bonchev–Trinajstić information content (AvgIpc) is 3.07. The Morgan fingerprint density at radius 1 is 0.964 bits per heavy atom. The third kappa shape index (κ3) is 3.75. The molecule has 0 saturated carbocycles. The molecule has 4 rings (SSSR count). The van der Waals surface area contributed by atoms with Crippen LogP contribution in [0.1, 0.15) is 10.4 Å². The quantitative estimate of drug-likeness (QED) is 0.450. The number of carbonyl (C=O) groups excluding carboxylic acids is 1. The van der Waals surface area contributed by atoms with E-state index >= 15 is 0 Å². The van der Waals surface area contributed by atoms with Gasteiger partial charge in [-0.2, -0.15) is 8.78 Å². The van der Waals surface area contributed by atoms with Gasteiger partial charge in [0.2, 0.25) is 0 Å². The molecule has 0 radical (unpaired) electrons. The van der Waals surface area contributed by atoms with Crippen LogP contribution >= 0.6 is 11.8 Å². The number of fused-ring (bicyclic) bond motifs is 1. The van der Waals surface area contributed by atoms with Gasteiger partial charge in [-0.05, 0) is 36.4 Å². The third-order valence-corrected chi connectivity index (χ3v) is 4.87. The number of halogens is 2. The minimum Gasteiger partial charge on any atom is -0.306 e. The number of amides is 1. The monoisotopic (exact) mass is 395 g/mol. The maximum absolute atomic E-state index is 12.8. The highest BCUT2D eigenvalue weighted by atomic mass is 32.2. The normalized spacial score (nSPS) is 11.1. The van der Waals surface area contributed by atoms with Gasteiger partial charge < -0.3 is 5.32 Å². The first-order valence-corrected chi connectivity index (χ1v) is 9.38. The first-order chi connectivity index (χ1) is 13.6. The van der Waals surface area contributed by atoms with Crippen LogP contribution in [0.15, 0.2) is 83.9 Å². The van der Waals surface area contributed by atoms with Crippen LogP contribution in [-0.4, -0.2) is 21.0 Å². The predicted molar refractivity (Wildman–Crippen MR) is 107 cm³/mol. The van der Waals surface area contributed by atoms with E-state index in [2.05, 4.69) is 10.3 Å². The summed E-state index contributed by atoms with van der Waals surface area (Å²) in [6, 6.07) is 21.3. The lowest BCUT2D eigenvalue weighted by Gasteiger charge is -2.08. The maximum atomic E-state index is 12.8. The zero-order valence-electron chi connectivity index (χ0n) is 14.5. The van der Waals surface area contributed by atoms with Crippen LogP contribution in [0.25, 0.3) is 16.9 Å². The number of aromatic nitrogens is 2. The van der Waals surface area contributed by atoms with Crippen LogP contribution in [0.2, 0.25) is 0 Å². The summed E-state index contributed by atoms with van der Waals surface area (Å²) in [7, 11) is 0. The molecule has 7 heteroatoms. The number of rotatable bonds is 5. The Morgan fingerprint density at radius 2 is 1.68 bits per heavy atom. The molecule has 2 heterocycles. The van der Waals surface area contributed by atoms with Crippen molar-refractivity contribution < 1.29 is 13.6 Å². The number of hydrogen-bond acceptors (Lipinski definition) is 3. The Hall–Kier alpha value is -3.19. The lowest BCUT2D eigenvalue weighted by molar-refractivity contribution is 0.102. The van der Waals surface area contributed by atoms with Crippen molar-refractivity contribution in [2.75, 3.05) is 5.32 Å². The van der Waals surface area contributed by atoms with Gasteiger partial charge in [0, 0.05) is 22.2 Å². The number of imidazole rings is 1. The Kier molecular flexibility index (Phi) is 5.08. The summed E-state index contributed by atoms with van der Waals surface area (Å²) in [5.41, 5.74) is 2.62. The first kappa shape index (κ1) is 18.2. The molecule has 2 aromatic carbocycles. The molecule has 1 N–H and O–H groups in total. The molecule has 0 spiro atoms. The van der Waals surface area contributed by atoms with Crippen molar-refractivity contribution in [1.82, 2.24) is 9.38 Å². The highest BCUT2D eigenvalue weighted by Gasteiger charge is 2.17. The minimum atomic E-state index is -2.49. The zero-order chi connectivity index (χ0) is 19.5. The van der Waals surface area contributed by atoms with Gasteiger partial charge in [-0.15, -0.1) is 0 Å². The molecular formula is C21H15F2N3OS. The highest BCUT2D eigenvalue weighted by molar-refractivity contribution is 7.99. The summed E-state index contributed by atoms with van der Waals surface area (Å²) >= 11 is 0.447. The molecule has 0 unspecified atom stereocenters. The summed E-state index contributed by atoms with van der Waals surface area (Å²) in [4.78, 5) is 17.8. The molecule has 0 atom stereocenters. The van der Waals surface area contributed by atoms with Crippen LogP contribution in [0.5, 0.6) is 0 Å². The van der Waals surface area contributed by atoms with E-state index in [1.54, 1.807) is 4.40 Å². The fourth-order valence-corrected chi connectivity index (χ4v) is 3.38. The number of carbonyl (C=O) groups is 1. The number of nitrogens with zero attached hydrogens (tertiary/aromatic N) is 2. The van der Waals surface area contributed by atoms with Crippen molar-refractivity contribution in [3.05, 3.63) is 84.6 Å². The van der Waals surface area contributed by atoms with Crippen LogP contribution < -0.4 is 5.32 Å². The van der Waals surface area contributed by atoms with Crippen molar-refractivity contribution in [2.45, 2.75) is 10.7 Å². The largest absolute Gasteiger partial charge is 0.306 e. The lowest BCUT2D eigenvalue weighted by Crippen LogP contribution is -2.14. The maximum Gasteiger partial charge on any atom is 0.288 e. The summed E-state index contributed by atoms with van der Waals surface area (Å²) < 4.78 is 26.7. The van der Waals surface area contributed by atoms with E-state index in [4.69, 9.17) is 0 Å². The van der Waals surface area contributed by atoms with E-state index in [9.17, 15) is 13.6 Å². The van der Waals surface area contributed by atoms with Gasteiger partial charge in [-0.3, -0.25) is 9.20 Å². The Labute approximate surface area is 164 Å². The van der Waals surface area contributed by atoms with Crippen LogP contribution in [0.3, 0.4) is 0 Å². The molecule has 28 heavy (non-hydrogen) atoms. The number of hydrogen-bond donors (Lipinski definition) is 1. The SMILES string of the molecule is O=C(Nc1c(-c2ccccc2)nc2ccccn12)c1ccc(SC(F)F)cc1. The molecule has 4 nitrogen and oxygen atoms in total. The van der Waals surface area contributed by atoms with Gasteiger partial charge in [0.05, 0.1) is 0 Å². The van der Waals surface area contributed by atoms with Gasteiger partial charge in [-0.1, -0.05) is 48.2 Å². The zero-order valence-corrected chi connectivity index (χ0v) is 15.4. The Morgan fingerprint density at radius 3 is 2.39 bits per heavy atom. The number of anilines is 1. The molecule has 0 saturated heterocycles. The molecule has 0 bridgehead atoms. The van der Waals surface area contributed by atoms with Gasteiger partial charge in [-0.25, -0.2) is 4.98 Å². The van der Waals surface area contributed by atoms with E-state index < -0.39 is 5.76 Å². The van der Waals surface area contributed by atoms with Gasteiger partial charge in [0.25, 0.3) is 11.7 Å². The molecule has 140 valence electrons. The number of thioether (sulfide) groups is 1. The lowest BCUT2D eigenvalue weighted by atomic mass is 10.1. The smallest absolute Gasteiger partial charge is 0.288 e. The molecule has 0 fully saturated rings. The standard InChI is InChI=1S/C21H15F2N3OS/c22-21(23)28-16-11-9-15(10-12-16)20(27)25-19-18(14-6-2-1-3-7-14)24-17-8-4-5-13-26(17)19/h1-13,21H,(H,25,27). The van der Waals surface area contributed by atoms with Gasteiger partial charge in [0.15, 0.2) is 0 Å². The molecule has 4 aromatic rings. The molecular weight excluding hydrogens is 380 g/mol. The molecule has 1 amide bonds. The van der Waals surface area contributed by atoms with Crippen molar-refractivity contribution >= 4 is 29.1 Å². The van der Waals surface area contributed by atoms with Crippen molar-refractivity contribution in [3.63, 3.8) is 0 Å². The van der Waals surface area contributed by atoms with Gasteiger partial charge in [0.1, 0.15) is 17.2 Å². The molecule has 0 aliphatic rings. The highest BCUT2D eigenvalue weighted by Crippen LogP contribution is 2.29. The van der Waals surface area contributed by atoms with E-state index in [1.807, 2.05) is 54.7 Å². The fraction of sp³-hybridized carbons (Fsp3) is 0.0476. The molecule has 0 aliphatic carbocycles. The van der Waals surface area contributed by atoms with Crippen molar-refractivity contribution in [2.24, 2.45) is 0 Å². The van der Waals surface area contributed by atoms with E-state index in [-0.39, 0.29) is 5.91 Å². The van der Waals surface area contributed by atoms with Crippen LogP contribution in [-0.2, 0) is 0 Å². The Bertz CT molecular complexity index is 1110. The average molecular weight is 395 g/mol. The van der Waals surface area contributed by atoms with Crippen LogP contribution in [0.4, 0.5) is 14.6 Å². The van der Waals surface area contributed by atoms with Crippen molar-refractivity contribution in [1.29, 1.82) is 0 Å². The number of benzene rings is 2. The van der Waals surface area contributed by atoms with E-state index in [0.717, 1.165) is 5.56 Å². The van der Waals surface area contributed by atoms with E-state index in [0.29, 0.717) is 39.4 Å². The van der Waals surface area contributed by atoms with E-state index in [1.165, 1.54) is 24.3 Å². The summed E-state index contributed by atoms with van der Waals surface area (Å²) in [6.07, 6.45) is 1.83.